The van der Waals surface area contributed by atoms with Gasteiger partial charge in [0, 0.05) is 20.5 Å². The molecule has 0 aromatic heterocycles. The molecule has 0 bridgehead atoms. The zero-order valence-electron chi connectivity index (χ0n) is 4.53. The van der Waals surface area contributed by atoms with Gasteiger partial charge in [-0.15, -0.1) is 0 Å². The van der Waals surface area contributed by atoms with Gasteiger partial charge in [0.25, 0.3) is 0 Å². The van der Waals surface area contributed by atoms with Crippen LogP contribution in [0.15, 0.2) is 0 Å². The van der Waals surface area contributed by atoms with Crippen molar-refractivity contribution in [1.29, 1.82) is 0 Å². The number of carbonyl (C=O) groups is 1. The molecule has 4 radical (unpaired) electrons. The van der Waals surface area contributed by atoms with Gasteiger partial charge in [-0.2, -0.15) is 0 Å². The van der Waals surface area contributed by atoms with E-state index in [2.05, 4.69) is 10.6 Å². The molecule has 0 aromatic rings. The lowest BCUT2D eigenvalue weighted by molar-refractivity contribution is -0.121. The Labute approximate surface area is 49.5 Å². The van der Waals surface area contributed by atoms with E-state index in [0.29, 0.717) is 6.54 Å². The van der Waals surface area contributed by atoms with Gasteiger partial charge in [0.2, 0.25) is 5.91 Å². The number of nitrogens with one attached hydrogen (secondary N) is 2. The SMILES string of the molecule is O=C1CNCCN1.[C]. The van der Waals surface area contributed by atoms with Gasteiger partial charge in [-0.1, -0.05) is 0 Å². The standard InChI is InChI=1S/C4H8N2O.C/c7-4-3-5-1-2-6-4;/h5H,1-3H2,(H,6,7);. The van der Waals surface area contributed by atoms with Crippen LogP contribution in [0.2, 0.25) is 0 Å². The number of amides is 1. The fraction of sp³-hybridized carbons (Fsp3) is 0.600. The molecule has 0 aliphatic carbocycles. The largest absolute Gasteiger partial charge is 0.354 e. The van der Waals surface area contributed by atoms with Crippen LogP contribution in [-0.2, 0) is 4.79 Å². The van der Waals surface area contributed by atoms with Gasteiger partial charge in [0.1, 0.15) is 0 Å². The summed E-state index contributed by atoms with van der Waals surface area (Å²) in [6.07, 6.45) is 0. The summed E-state index contributed by atoms with van der Waals surface area (Å²) in [5, 5.41) is 5.60. The van der Waals surface area contributed by atoms with Crippen molar-refractivity contribution >= 4 is 5.91 Å². The Morgan fingerprint density at radius 3 is 2.38 bits per heavy atom. The smallest absolute Gasteiger partial charge is 0.234 e. The quantitative estimate of drug-likeness (QED) is 0.412. The summed E-state index contributed by atoms with van der Waals surface area (Å²) in [7, 11) is 0. The fourth-order valence-corrected chi connectivity index (χ4v) is 0.555. The van der Waals surface area contributed by atoms with Crippen LogP contribution >= 0.6 is 0 Å². The first-order valence-corrected chi connectivity index (χ1v) is 2.37. The minimum absolute atomic E-state index is 0. The minimum atomic E-state index is 0. The Kier molecular flexibility index (Phi) is 3.19. The second kappa shape index (κ2) is 3.43. The Bertz CT molecular complexity index is 74.5. The van der Waals surface area contributed by atoms with E-state index in [9.17, 15) is 4.79 Å². The normalized spacial score (nSPS) is 18.8. The summed E-state index contributed by atoms with van der Waals surface area (Å²) in [5.41, 5.74) is 0. The molecule has 1 rings (SSSR count). The molecule has 3 heteroatoms. The molecule has 0 aromatic carbocycles. The first-order chi connectivity index (χ1) is 3.39. The van der Waals surface area contributed by atoms with Gasteiger partial charge in [-0.05, 0) is 0 Å². The Balaban J connectivity index is 0.000000490. The van der Waals surface area contributed by atoms with Crippen LogP contribution < -0.4 is 10.6 Å². The summed E-state index contributed by atoms with van der Waals surface area (Å²) in [4.78, 5) is 10.3. The van der Waals surface area contributed by atoms with Gasteiger partial charge in [-0.25, -0.2) is 0 Å². The average Bonchev–Trinajstić information content (AvgIpc) is 1.69. The molecule has 0 saturated carbocycles. The van der Waals surface area contributed by atoms with E-state index in [-0.39, 0.29) is 13.3 Å². The Morgan fingerprint density at radius 1 is 1.38 bits per heavy atom. The van der Waals surface area contributed by atoms with Gasteiger partial charge >= 0.3 is 0 Å². The molecule has 0 atom stereocenters. The predicted molar refractivity (Wildman–Crippen MR) is 29.1 cm³/mol. The highest BCUT2D eigenvalue weighted by Gasteiger charge is 2.02. The maximum absolute atomic E-state index is 10.3. The summed E-state index contributed by atoms with van der Waals surface area (Å²) < 4.78 is 0. The Hall–Kier alpha value is -0.570. The van der Waals surface area contributed by atoms with Gasteiger partial charge in [0.15, 0.2) is 0 Å². The molecule has 1 heterocycles. The summed E-state index contributed by atoms with van der Waals surface area (Å²) in [5.74, 6) is 0.103. The van der Waals surface area contributed by atoms with Crippen LogP contribution in [0.1, 0.15) is 0 Å². The van der Waals surface area contributed by atoms with Crippen LogP contribution in [0.3, 0.4) is 0 Å². The highest BCUT2D eigenvalue weighted by molar-refractivity contribution is 5.78. The average molecular weight is 112 g/mol. The van der Waals surface area contributed by atoms with E-state index in [0.717, 1.165) is 13.1 Å². The molecule has 1 aliphatic heterocycles. The molecule has 0 spiro atoms. The van der Waals surface area contributed by atoms with E-state index in [1.165, 1.54) is 0 Å². The monoisotopic (exact) mass is 112 g/mol. The lowest BCUT2D eigenvalue weighted by Gasteiger charge is -2.11. The molecule has 1 saturated heterocycles. The molecular formula is C5H8N2O. The molecule has 8 heavy (non-hydrogen) atoms. The number of hydrogen-bond donors (Lipinski definition) is 2. The van der Waals surface area contributed by atoms with Gasteiger partial charge in [0.05, 0.1) is 6.54 Å². The van der Waals surface area contributed by atoms with Gasteiger partial charge < -0.3 is 10.6 Å². The van der Waals surface area contributed by atoms with Crippen molar-refractivity contribution in [2.75, 3.05) is 19.6 Å². The molecular weight excluding hydrogens is 104 g/mol. The van der Waals surface area contributed by atoms with E-state index in [1.807, 2.05) is 0 Å². The first kappa shape index (κ1) is 7.43. The van der Waals surface area contributed by atoms with Crippen molar-refractivity contribution in [3.05, 3.63) is 7.43 Å². The van der Waals surface area contributed by atoms with Crippen molar-refractivity contribution in [3.63, 3.8) is 0 Å². The zero-order valence-corrected chi connectivity index (χ0v) is 4.53. The van der Waals surface area contributed by atoms with Crippen molar-refractivity contribution < 1.29 is 4.79 Å². The highest BCUT2D eigenvalue weighted by Crippen LogP contribution is 1.69. The summed E-state index contributed by atoms with van der Waals surface area (Å²) in [6, 6.07) is 0. The molecule has 3 nitrogen and oxygen atoms in total. The van der Waals surface area contributed by atoms with E-state index < -0.39 is 0 Å². The van der Waals surface area contributed by atoms with Crippen molar-refractivity contribution in [1.82, 2.24) is 10.6 Å². The van der Waals surface area contributed by atoms with Crippen molar-refractivity contribution in [2.24, 2.45) is 0 Å². The van der Waals surface area contributed by atoms with Crippen LogP contribution in [0.25, 0.3) is 0 Å². The first-order valence-electron chi connectivity index (χ1n) is 2.37. The van der Waals surface area contributed by atoms with Crippen molar-refractivity contribution in [2.45, 2.75) is 0 Å². The highest BCUT2D eigenvalue weighted by atomic mass is 16.2. The third kappa shape index (κ3) is 1.93. The second-order valence-electron chi connectivity index (χ2n) is 1.53. The molecule has 0 unspecified atom stereocenters. The third-order valence-electron chi connectivity index (χ3n) is 0.910. The fourth-order valence-electron chi connectivity index (χ4n) is 0.555. The number of hydrogen-bond acceptors (Lipinski definition) is 2. The zero-order chi connectivity index (χ0) is 5.11. The predicted octanol–water partition coefficient (Wildman–Crippen LogP) is -1.21. The minimum Gasteiger partial charge on any atom is -0.354 e. The summed E-state index contributed by atoms with van der Waals surface area (Å²) >= 11 is 0. The third-order valence-corrected chi connectivity index (χ3v) is 0.910. The van der Waals surface area contributed by atoms with Gasteiger partial charge in [-0.3, -0.25) is 4.79 Å². The van der Waals surface area contributed by atoms with E-state index >= 15 is 0 Å². The maximum Gasteiger partial charge on any atom is 0.234 e. The molecule has 1 amide bonds. The molecule has 44 valence electrons. The van der Waals surface area contributed by atoms with Crippen LogP contribution in [0.5, 0.6) is 0 Å². The van der Waals surface area contributed by atoms with Crippen molar-refractivity contribution in [3.8, 4) is 0 Å². The second-order valence-corrected chi connectivity index (χ2v) is 1.53. The number of piperazine rings is 1. The topological polar surface area (TPSA) is 41.1 Å². The van der Waals surface area contributed by atoms with E-state index in [1.54, 1.807) is 0 Å². The summed E-state index contributed by atoms with van der Waals surface area (Å²) in [6.45, 7) is 2.17. The number of carbonyl (C=O) groups excluding carboxylic acids is 1. The van der Waals surface area contributed by atoms with Crippen LogP contribution in [0.4, 0.5) is 0 Å². The Morgan fingerprint density at radius 2 is 2.12 bits per heavy atom. The molecule has 1 aliphatic rings. The molecule has 2 N–H and O–H groups in total. The van der Waals surface area contributed by atoms with Crippen LogP contribution in [-0.4, -0.2) is 25.5 Å². The lowest BCUT2D eigenvalue weighted by Crippen LogP contribution is -2.44. The lowest BCUT2D eigenvalue weighted by atomic mass is 10.4. The molecule has 1 fully saturated rings. The number of rotatable bonds is 0. The van der Waals surface area contributed by atoms with E-state index in [4.69, 9.17) is 0 Å². The maximum atomic E-state index is 10.3. The van der Waals surface area contributed by atoms with Crippen LogP contribution in [0, 0.1) is 7.43 Å².